The van der Waals surface area contributed by atoms with Gasteiger partial charge < -0.3 is 28.6 Å². The summed E-state index contributed by atoms with van der Waals surface area (Å²) in [4.78, 5) is 12.9. The standard InChI is InChI=1S/C17H21N3O6S/c1-23-11-4-5-12(14(7-11)24-2)15-18-20(17(27)26-15)9-19-8-10(21)6-13(19)16(22)25-3/h4-5,7,10,13,21H,6,8-9H2,1-3H3/p+1/t10-,13-/m0/s1. The molecular formula is C17H22N3O6S+. The first kappa shape index (κ1) is 19.3. The van der Waals surface area contributed by atoms with Crippen LogP contribution >= 0.6 is 12.2 Å². The van der Waals surface area contributed by atoms with Crippen molar-refractivity contribution in [2.75, 3.05) is 27.9 Å². The number of esters is 1. The number of benzene rings is 1. The van der Waals surface area contributed by atoms with Crippen molar-refractivity contribution in [3.8, 4) is 23.0 Å². The molecule has 10 heteroatoms. The molecule has 0 radical (unpaired) electrons. The maximum atomic E-state index is 12.0. The van der Waals surface area contributed by atoms with Crippen molar-refractivity contribution in [3.63, 3.8) is 0 Å². The fourth-order valence-corrected chi connectivity index (χ4v) is 3.41. The molecule has 0 aliphatic carbocycles. The van der Waals surface area contributed by atoms with Crippen LogP contribution in [0.15, 0.2) is 22.6 Å². The Labute approximate surface area is 161 Å². The molecule has 3 rings (SSSR count). The molecule has 0 saturated carbocycles. The molecule has 1 aliphatic heterocycles. The predicted octanol–water partition coefficient (Wildman–Crippen LogP) is 0.0384. The zero-order chi connectivity index (χ0) is 19.6. The molecule has 1 unspecified atom stereocenters. The van der Waals surface area contributed by atoms with Crippen LogP contribution in [-0.2, 0) is 16.2 Å². The first-order valence-corrected chi connectivity index (χ1v) is 8.78. The second-order valence-corrected chi connectivity index (χ2v) is 6.57. The van der Waals surface area contributed by atoms with Gasteiger partial charge in [-0.2, -0.15) is 4.68 Å². The van der Waals surface area contributed by atoms with Crippen LogP contribution in [-0.4, -0.2) is 60.9 Å². The number of nitrogens with one attached hydrogen (secondary N) is 1. The second-order valence-electron chi connectivity index (χ2n) is 6.22. The third-order valence-electron chi connectivity index (χ3n) is 4.58. The number of quaternary nitrogens is 1. The van der Waals surface area contributed by atoms with E-state index >= 15 is 0 Å². The van der Waals surface area contributed by atoms with Crippen molar-refractivity contribution in [1.82, 2.24) is 9.78 Å². The van der Waals surface area contributed by atoms with Crippen LogP contribution in [0.3, 0.4) is 0 Å². The van der Waals surface area contributed by atoms with Gasteiger partial charge in [-0.15, -0.1) is 5.10 Å². The largest absolute Gasteiger partial charge is 0.497 e. The molecule has 2 N–H and O–H groups in total. The van der Waals surface area contributed by atoms with Gasteiger partial charge in [0.2, 0.25) is 0 Å². The van der Waals surface area contributed by atoms with E-state index in [1.165, 1.54) is 11.8 Å². The number of aliphatic hydroxyl groups is 1. The molecule has 1 aromatic carbocycles. The summed E-state index contributed by atoms with van der Waals surface area (Å²) in [6.07, 6.45) is -0.238. The highest BCUT2D eigenvalue weighted by Crippen LogP contribution is 2.32. The van der Waals surface area contributed by atoms with Gasteiger partial charge in [0.05, 0.1) is 26.9 Å². The number of carbonyl (C=O) groups excluding carboxylic acids is 1. The van der Waals surface area contributed by atoms with E-state index in [2.05, 4.69) is 5.10 Å². The van der Waals surface area contributed by atoms with Gasteiger partial charge in [0.15, 0.2) is 12.7 Å². The third kappa shape index (κ3) is 3.97. The Kier molecular flexibility index (Phi) is 5.78. The fourth-order valence-electron chi connectivity index (χ4n) is 3.23. The van der Waals surface area contributed by atoms with E-state index in [1.807, 2.05) is 0 Å². The lowest BCUT2D eigenvalue weighted by Crippen LogP contribution is -3.14. The summed E-state index contributed by atoms with van der Waals surface area (Å²) in [5.74, 6) is 1.11. The van der Waals surface area contributed by atoms with Crippen LogP contribution in [0, 0.1) is 4.84 Å². The van der Waals surface area contributed by atoms with Crippen molar-refractivity contribution in [1.29, 1.82) is 0 Å². The summed E-state index contributed by atoms with van der Waals surface area (Å²) in [5.41, 5.74) is 0.629. The van der Waals surface area contributed by atoms with Crippen molar-refractivity contribution >= 4 is 18.2 Å². The molecule has 146 valence electrons. The van der Waals surface area contributed by atoms with Gasteiger partial charge in [-0.3, -0.25) is 0 Å². The molecular weight excluding hydrogens is 374 g/mol. The molecule has 9 nitrogen and oxygen atoms in total. The van der Waals surface area contributed by atoms with Gasteiger partial charge in [-0.05, 0) is 24.4 Å². The van der Waals surface area contributed by atoms with E-state index in [1.54, 1.807) is 32.4 Å². The number of nitrogens with zero attached hydrogens (tertiary/aromatic N) is 2. The number of hydrogen-bond donors (Lipinski definition) is 2. The normalized spacial score (nSPS) is 21.9. The predicted molar refractivity (Wildman–Crippen MR) is 96.1 cm³/mol. The molecule has 0 bridgehead atoms. The number of likely N-dealkylation sites (tertiary alicyclic amines) is 1. The van der Waals surface area contributed by atoms with Gasteiger partial charge in [0.25, 0.3) is 10.7 Å². The van der Waals surface area contributed by atoms with Crippen LogP contribution < -0.4 is 14.4 Å². The van der Waals surface area contributed by atoms with E-state index in [-0.39, 0.29) is 17.5 Å². The molecule has 3 atom stereocenters. The summed E-state index contributed by atoms with van der Waals surface area (Å²) in [6, 6.07) is 4.79. The van der Waals surface area contributed by atoms with Crippen LogP contribution in [0.4, 0.5) is 0 Å². The molecule has 0 amide bonds. The van der Waals surface area contributed by atoms with Crippen LogP contribution in [0.25, 0.3) is 11.5 Å². The van der Waals surface area contributed by atoms with Gasteiger partial charge in [0, 0.05) is 12.5 Å². The maximum absolute atomic E-state index is 12.0. The highest BCUT2D eigenvalue weighted by atomic mass is 32.1. The highest BCUT2D eigenvalue weighted by molar-refractivity contribution is 7.71. The minimum absolute atomic E-state index is 0.167. The molecule has 2 heterocycles. The summed E-state index contributed by atoms with van der Waals surface area (Å²) < 4.78 is 22.5. The molecule has 0 spiro atoms. The fraction of sp³-hybridized carbons (Fsp3) is 0.471. The lowest BCUT2D eigenvalue weighted by molar-refractivity contribution is -0.928. The van der Waals surface area contributed by atoms with E-state index in [4.69, 9.17) is 30.8 Å². The third-order valence-corrected chi connectivity index (χ3v) is 4.88. The summed E-state index contributed by atoms with van der Waals surface area (Å²) in [5, 5.41) is 14.3. The lowest BCUT2D eigenvalue weighted by Gasteiger charge is -2.18. The Morgan fingerprint density at radius 1 is 1.41 bits per heavy atom. The quantitative estimate of drug-likeness (QED) is 0.522. The average Bonchev–Trinajstić information content (AvgIpc) is 3.23. The average molecular weight is 396 g/mol. The molecule has 2 aromatic rings. The van der Waals surface area contributed by atoms with Crippen molar-refractivity contribution in [2.45, 2.75) is 25.2 Å². The number of carbonyl (C=O) groups is 1. The smallest absolute Gasteiger partial charge is 0.364 e. The minimum atomic E-state index is -0.577. The number of methoxy groups -OCH3 is 3. The van der Waals surface area contributed by atoms with E-state index in [0.29, 0.717) is 35.9 Å². The van der Waals surface area contributed by atoms with Crippen LogP contribution in [0.2, 0.25) is 0 Å². The van der Waals surface area contributed by atoms with Crippen molar-refractivity contribution in [3.05, 3.63) is 23.0 Å². The lowest BCUT2D eigenvalue weighted by atomic mass is 10.2. The van der Waals surface area contributed by atoms with Crippen LogP contribution in [0.5, 0.6) is 11.5 Å². The Morgan fingerprint density at radius 3 is 2.85 bits per heavy atom. The van der Waals surface area contributed by atoms with Gasteiger partial charge in [0.1, 0.15) is 24.1 Å². The minimum Gasteiger partial charge on any atom is -0.497 e. The first-order valence-electron chi connectivity index (χ1n) is 8.37. The van der Waals surface area contributed by atoms with Crippen molar-refractivity contribution in [2.24, 2.45) is 0 Å². The zero-order valence-electron chi connectivity index (χ0n) is 15.3. The van der Waals surface area contributed by atoms with Gasteiger partial charge in [-0.1, -0.05) is 0 Å². The number of aliphatic hydroxyl groups excluding tert-OH is 1. The molecule has 1 aromatic heterocycles. The van der Waals surface area contributed by atoms with Crippen molar-refractivity contribution < 1.29 is 33.4 Å². The van der Waals surface area contributed by atoms with Gasteiger partial charge >= 0.3 is 5.97 Å². The Balaban J connectivity index is 1.87. The summed E-state index contributed by atoms with van der Waals surface area (Å²) in [6.45, 7) is 0.674. The zero-order valence-corrected chi connectivity index (χ0v) is 16.1. The molecule has 1 saturated heterocycles. The number of aromatic nitrogens is 2. The number of ether oxygens (including phenoxy) is 3. The topological polar surface area (TPSA) is 100 Å². The Hall–Kier alpha value is -2.43. The van der Waals surface area contributed by atoms with Crippen LogP contribution in [0.1, 0.15) is 6.42 Å². The van der Waals surface area contributed by atoms with E-state index < -0.39 is 12.1 Å². The molecule has 1 fully saturated rings. The Bertz CT molecular complexity index is 880. The number of rotatable bonds is 6. The maximum Gasteiger partial charge on any atom is 0.364 e. The van der Waals surface area contributed by atoms with Gasteiger partial charge in [-0.25, -0.2) is 4.79 Å². The SMILES string of the molecule is COC(=O)[C@@H]1C[C@H](O)C[NH+]1Cn1nc(-c2ccc(OC)cc2OC)oc1=S. The Morgan fingerprint density at radius 2 is 2.19 bits per heavy atom. The van der Waals surface area contributed by atoms with E-state index in [9.17, 15) is 9.90 Å². The second kappa shape index (κ2) is 8.07. The summed E-state index contributed by atoms with van der Waals surface area (Å²) in [7, 11) is 4.45. The first-order chi connectivity index (χ1) is 13.0. The van der Waals surface area contributed by atoms with E-state index in [0.717, 1.165) is 4.90 Å². The number of hydrogen-bond acceptors (Lipinski definition) is 8. The monoisotopic (exact) mass is 396 g/mol. The molecule has 27 heavy (non-hydrogen) atoms. The summed E-state index contributed by atoms with van der Waals surface area (Å²) >= 11 is 5.27. The molecule has 1 aliphatic rings. The highest BCUT2D eigenvalue weighted by Gasteiger charge is 2.41.